The van der Waals surface area contributed by atoms with Crippen LogP contribution in [0.2, 0.25) is 0 Å². The predicted molar refractivity (Wildman–Crippen MR) is 106 cm³/mol. The van der Waals surface area contributed by atoms with Gasteiger partial charge in [-0.2, -0.15) is 11.8 Å². The zero-order valence-corrected chi connectivity index (χ0v) is 16.4. The number of hydrogen-bond donors (Lipinski definition) is 2. The first-order chi connectivity index (χ1) is 12.0. The normalized spacial score (nSPS) is 14.0. The van der Waals surface area contributed by atoms with Gasteiger partial charge in [-0.3, -0.25) is 9.59 Å². The van der Waals surface area contributed by atoms with E-state index in [2.05, 4.69) is 29.1 Å². The molecule has 0 radical (unpaired) electrons. The summed E-state index contributed by atoms with van der Waals surface area (Å²) >= 11 is 3.31. The standard InChI is InChI=1S/C18H25N3O2S2/c1-11(2)9-19-15(22)7-8-24-10-14-20-17(23)16-12-5-3-4-6-13(12)25-18(16)21-14/h11H,3-10H2,1-2H3,(H,19,22)(H,20,21,23). The second kappa shape index (κ2) is 8.36. The lowest BCUT2D eigenvalue weighted by Crippen LogP contribution is -2.27. The zero-order chi connectivity index (χ0) is 17.8. The van der Waals surface area contributed by atoms with Gasteiger partial charge in [-0.25, -0.2) is 4.98 Å². The van der Waals surface area contributed by atoms with Crippen molar-refractivity contribution in [1.82, 2.24) is 15.3 Å². The van der Waals surface area contributed by atoms with Crippen molar-refractivity contribution < 1.29 is 4.79 Å². The minimum atomic E-state index is -0.00493. The van der Waals surface area contributed by atoms with Gasteiger partial charge in [0.15, 0.2) is 0 Å². The maximum Gasteiger partial charge on any atom is 0.259 e. The molecule has 25 heavy (non-hydrogen) atoms. The van der Waals surface area contributed by atoms with Crippen LogP contribution in [0.3, 0.4) is 0 Å². The molecule has 2 heterocycles. The Morgan fingerprint density at radius 2 is 2.16 bits per heavy atom. The first kappa shape index (κ1) is 18.5. The van der Waals surface area contributed by atoms with Gasteiger partial charge in [-0.1, -0.05) is 13.8 Å². The van der Waals surface area contributed by atoms with E-state index < -0.39 is 0 Å². The van der Waals surface area contributed by atoms with Crippen molar-refractivity contribution in [2.45, 2.75) is 51.7 Å². The molecule has 2 N–H and O–H groups in total. The van der Waals surface area contributed by atoms with Gasteiger partial charge in [0.1, 0.15) is 10.7 Å². The van der Waals surface area contributed by atoms with E-state index in [4.69, 9.17) is 0 Å². The van der Waals surface area contributed by atoms with E-state index in [-0.39, 0.29) is 11.5 Å². The number of thioether (sulfide) groups is 1. The van der Waals surface area contributed by atoms with E-state index in [1.165, 1.54) is 16.9 Å². The highest BCUT2D eigenvalue weighted by atomic mass is 32.2. The van der Waals surface area contributed by atoms with Gasteiger partial charge in [0.05, 0.1) is 11.1 Å². The number of amides is 1. The number of carbonyl (C=O) groups is 1. The molecule has 0 saturated heterocycles. The summed E-state index contributed by atoms with van der Waals surface area (Å²) in [6.45, 7) is 4.88. The summed E-state index contributed by atoms with van der Waals surface area (Å²) in [4.78, 5) is 34.0. The lowest BCUT2D eigenvalue weighted by atomic mass is 9.97. The Hall–Kier alpha value is -1.34. The van der Waals surface area contributed by atoms with Crippen LogP contribution >= 0.6 is 23.1 Å². The number of aromatic amines is 1. The number of hydrogen-bond acceptors (Lipinski definition) is 5. The van der Waals surface area contributed by atoms with E-state index in [0.29, 0.717) is 23.9 Å². The van der Waals surface area contributed by atoms with Crippen LogP contribution in [0, 0.1) is 5.92 Å². The number of aryl methyl sites for hydroxylation is 2. The SMILES string of the molecule is CC(C)CNC(=O)CCSCc1nc2sc3c(c2c(=O)[nH]1)CCCC3. The van der Waals surface area contributed by atoms with Crippen LogP contribution in [-0.4, -0.2) is 28.2 Å². The molecular weight excluding hydrogens is 354 g/mol. The molecule has 0 aliphatic heterocycles. The van der Waals surface area contributed by atoms with E-state index in [1.54, 1.807) is 23.1 Å². The van der Waals surface area contributed by atoms with Gasteiger partial charge in [0.2, 0.25) is 5.91 Å². The number of nitrogens with zero attached hydrogens (tertiary/aromatic N) is 1. The number of aromatic nitrogens is 2. The largest absolute Gasteiger partial charge is 0.356 e. The number of rotatable bonds is 7. The lowest BCUT2D eigenvalue weighted by Gasteiger charge is -2.09. The molecule has 0 saturated carbocycles. The minimum Gasteiger partial charge on any atom is -0.356 e. The summed E-state index contributed by atoms with van der Waals surface area (Å²) in [6.07, 6.45) is 4.94. The Balaban J connectivity index is 1.57. The van der Waals surface area contributed by atoms with Crippen LogP contribution in [0.5, 0.6) is 0 Å². The van der Waals surface area contributed by atoms with Gasteiger partial charge in [-0.05, 0) is 37.2 Å². The summed E-state index contributed by atoms with van der Waals surface area (Å²) < 4.78 is 0. The van der Waals surface area contributed by atoms with Gasteiger partial charge in [-0.15, -0.1) is 11.3 Å². The summed E-state index contributed by atoms with van der Waals surface area (Å²) in [7, 11) is 0. The Morgan fingerprint density at radius 1 is 1.36 bits per heavy atom. The second-order valence-corrected chi connectivity index (χ2v) is 9.09. The Morgan fingerprint density at radius 3 is 2.96 bits per heavy atom. The average Bonchev–Trinajstić information content (AvgIpc) is 2.95. The van der Waals surface area contributed by atoms with Crippen LogP contribution in [0.25, 0.3) is 10.2 Å². The molecule has 2 aromatic heterocycles. The number of carbonyl (C=O) groups excluding carboxylic acids is 1. The fraction of sp³-hybridized carbons (Fsp3) is 0.611. The van der Waals surface area contributed by atoms with E-state index in [0.717, 1.165) is 41.8 Å². The molecule has 136 valence electrons. The zero-order valence-electron chi connectivity index (χ0n) is 14.8. The Kier molecular flexibility index (Phi) is 6.17. The molecule has 0 bridgehead atoms. The molecular formula is C18H25N3O2S2. The summed E-state index contributed by atoms with van der Waals surface area (Å²) in [5, 5.41) is 3.72. The van der Waals surface area contributed by atoms with Crippen molar-refractivity contribution in [2.75, 3.05) is 12.3 Å². The molecule has 0 aromatic carbocycles. The van der Waals surface area contributed by atoms with Crippen LogP contribution in [-0.2, 0) is 23.4 Å². The maximum absolute atomic E-state index is 12.5. The van der Waals surface area contributed by atoms with Gasteiger partial charge in [0, 0.05) is 23.6 Å². The molecule has 1 aliphatic rings. The molecule has 1 aliphatic carbocycles. The van der Waals surface area contributed by atoms with E-state index in [1.807, 2.05) is 0 Å². The monoisotopic (exact) mass is 379 g/mol. The number of thiophene rings is 1. The van der Waals surface area contributed by atoms with Crippen molar-refractivity contribution in [3.05, 3.63) is 26.6 Å². The van der Waals surface area contributed by atoms with Gasteiger partial charge in [0.25, 0.3) is 5.56 Å². The first-order valence-corrected chi connectivity index (χ1v) is 10.9. The van der Waals surface area contributed by atoms with Crippen LogP contribution in [0.15, 0.2) is 4.79 Å². The molecule has 0 atom stereocenters. The average molecular weight is 380 g/mol. The Labute approximate surface area is 156 Å². The first-order valence-electron chi connectivity index (χ1n) is 8.92. The lowest BCUT2D eigenvalue weighted by molar-refractivity contribution is -0.120. The molecule has 5 nitrogen and oxygen atoms in total. The Bertz CT molecular complexity index is 810. The van der Waals surface area contributed by atoms with Gasteiger partial charge >= 0.3 is 0 Å². The third kappa shape index (κ3) is 4.64. The van der Waals surface area contributed by atoms with Crippen molar-refractivity contribution in [3.63, 3.8) is 0 Å². The molecule has 0 spiro atoms. The third-order valence-corrected chi connectivity index (χ3v) is 6.45. The topological polar surface area (TPSA) is 74.8 Å². The summed E-state index contributed by atoms with van der Waals surface area (Å²) in [5.41, 5.74) is 1.22. The predicted octanol–water partition coefficient (Wildman–Crippen LogP) is 3.26. The molecule has 0 fully saturated rings. The second-order valence-electron chi connectivity index (χ2n) is 6.90. The molecule has 3 rings (SSSR count). The van der Waals surface area contributed by atoms with Crippen LogP contribution < -0.4 is 10.9 Å². The number of fused-ring (bicyclic) bond motifs is 3. The molecule has 7 heteroatoms. The van der Waals surface area contributed by atoms with E-state index in [9.17, 15) is 9.59 Å². The highest BCUT2D eigenvalue weighted by molar-refractivity contribution is 7.98. The highest BCUT2D eigenvalue weighted by Crippen LogP contribution is 2.33. The van der Waals surface area contributed by atoms with Crippen molar-refractivity contribution in [3.8, 4) is 0 Å². The van der Waals surface area contributed by atoms with Crippen LogP contribution in [0.4, 0.5) is 0 Å². The highest BCUT2D eigenvalue weighted by Gasteiger charge is 2.19. The third-order valence-electron chi connectivity index (χ3n) is 4.29. The van der Waals surface area contributed by atoms with Gasteiger partial charge < -0.3 is 10.3 Å². The van der Waals surface area contributed by atoms with Crippen molar-refractivity contribution in [1.29, 1.82) is 0 Å². The molecule has 0 unspecified atom stereocenters. The molecule has 1 amide bonds. The summed E-state index contributed by atoms with van der Waals surface area (Å²) in [5.74, 6) is 2.62. The van der Waals surface area contributed by atoms with Crippen molar-refractivity contribution in [2.24, 2.45) is 5.92 Å². The quantitative estimate of drug-likeness (QED) is 0.724. The van der Waals surface area contributed by atoms with Crippen molar-refractivity contribution >= 4 is 39.2 Å². The number of nitrogens with one attached hydrogen (secondary N) is 2. The van der Waals surface area contributed by atoms with Crippen LogP contribution in [0.1, 0.15) is 49.4 Å². The van der Waals surface area contributed by atoms with E-state index >= 15 is 0 Å². The smallest absolute Gasteiger partial charge is 0.259 e. The minimum absolute atomic E-state index is 0.00493. The molecule has 2 aromatic rings. The maximum atomic E-state index is 12.5. The number of H-pyrrole nitrogens is 1. The summed E-state index contributed by atoms with van der Waals surface area (Å²) in [6, 6.07) is 0. The fourth-order valence-corrected chi connectivity index (χ4v) is 5.10. The fourth-order valence-electron chi connectivity index (χ4n) is 3.02.